The standard InChI is InChI=1S/C29H33N/c1-5-7-13-27-25(6-2)26-19-18-24(20-28(26)29(27,3)4)30-23-16-14-22(15-17-23)21-11-9-8-10-12-21/h7-20,25,27,30H,5-6H2,1-4H3/b13-7-. The molecule has 2 atom stereocenters. The second-order valence-electron chi connectivity index (χ2n) is 8.97. The molecule has 3 aromatic carbocycles. The molecule has 4 rings (SSSR count). The number of hydrogen-bond acceptors (Lipinski definition) is 1. The maximum Gasteiger partial charge on any atom is 0.0387 e. The number of benzene rings is 3. The van der Waals surface area contributed by atoms with E-state index in [2.05, 4.69) is 118 Å². The number of nitrogens with one attached hydrogen (secondary N) is 1. The first kappa shape index (κ1) is 20.5. The molecule has 0 amide bonds. The van der Waals surface area contributed by atoms with Crippen molar-refractivity contribution in [1.82, 2.24) is 0 Å². The summed E-state index contributed by atoms with van der Waals surface area (Å²) in [5.41, 5.74) is 7.96. The molecule has 30 heavy (non-hydrogen) atoms. The van der Waals surface area contributed by atoms with Crippen molar-refractivity contribution in [1.29, 1.82) is 0 Å². The molecule has 2 unspecified atom stereocenters. The highest BCUT2D eigenvalue weighted by Gasteiger charge is 2.43. The predicted octanol–water partition coefficient (Wildman–Crippen LogP) is 8.46. The van der Waals surface area contributed by atoms with E-state index in [0.29, 0.717) is 11.8 Å². The largest absolute Gasteiger partial charge is 0.356 e. The van der Waals surface area contributed by atoms with E-state index >= 15 is 0 Å². The fourth-order valence-electron chi connectivity index (χ4n) is 5.07. The van der Waals surface area contributed by atoms with Crippen molar-refractivity contribution in [2.45, 2.75) is 51.9 Å². The summed E-state index contributed by atoms with van der Waals surface area (Å²) in [6, 6.07) is 26.2. The van der Waals surface area contributed by atoms with Crippen molar-refractivity contribution in [3.8, 4) is 11.1 Å². The van der Waals surface area contributed by atoms with E-state index in [4.69, 9.17) is 0 Å². The van der Waals surface area contributed by atoms with Gasteiger partial charge in [-0.1, -0.05) is 88.4 Å². The van der Waals surface area contributed by atoms with Gasteiger partial charge in [0.1, 0.15) is 0 Å². The topological polar surface area (TPSA) is 12.0 Å². The third-order valence-corrected chi connectivity index (χ3v) is 6.71. The molecule has 0 saturated carbocycles. The third-order valence-electron chi connectivity index (χ3n) is 6.71. The van der Waals surface area contributed by atoms with Crippen molar-refractivity contribution >= 4 is 11.4 Å². The van der Waals surface area contributed by atoms with Gasteiger partial charge in [0.25, 0.3) is 0 Å². The highest BCUT2D eigenvalue weighted by atomic mass is 14.9. The number of anilines is 2. The van der Waals surface area contributed by atoms with E-state index in [1.54, 1.807) is 0 Å². The lowest BCUT2D eigenvalue weighted by atomic mass is 9.75. The summed E-state index contributed by atoms with van der Waals surface area (Å²) < 4.78 is 0. The van der Waals surface area contributed by atoms with Gasteiger partial charge in [0.2, 0.25) is 0 Å². The van der Waals surface area contributed by atoms with Crippen LogP contribution in [-0.2, 0) is 5.41 Å². The molecule has 1 heteroatoms. The molecule has 0 aromatic heterocycles. The molecule has 0 saturated heterocycles. The van der Waals surface area contributed by atoms with Crippen LogP contribution in [0.15, 0.2) is 84.9 Å². The Bertz CT molecular complexity index is 1010. The Morgan fingerprint density at radius 1 is 0.833 bits per heavy atom. The fourth-order valence-corrected chi connectivity index (χ4v) is 5.07. The fraction of sp³-hybridized carbons (Fsp3) is 0.310. The van der Waals surface area contributed by atoms with Gasteiger partial charge in [-0.3, -0.25) is 0 Å². The molecule has 0 fully saturated rings. The lowest BCUT2D eigenvalue weighted by molar-refractivity contribution is 0.363. The van der Waals surface area contributed by atoms with Crippen molar-refractivity contribution in [2.24, 2.45) is 5.92 Å². The van der Waals surface area contributed by atoms with E-state index < -0.39 is 0 Å². The van der Waals surface area contributed by atoms with Gasteiger partial charge in [-0.05, 0) is 76.6 Å². The highest BCUT2D eigenvalue weighted by molar-refractivity contribution is 5.69. The van der Waals surface area contributed by atoms with Crippen LogP contribution < -0.4 is 5.32 Å². The lowest BCUT2D eigenvalue weighted by Crippen LogP contribution is -2.24. The Hall–Kier alpha value is -2.80. The molecular formula is C29H33N. The van der Waals surface area contributed by atoms with E-state index in [0.717, 1.165) is 12.1 Å². The maximum absolute atomic E-state index is 3.62. The van der Waals surface area contributed by atoms with Gasteiger partial charge in [-0.2, -0.15) is 0 Å². The summed E-state index contributed by atoms with van der Waals surface area (Å²) in [4.78, 5) is 0. The van der Waals surface area contributed by atoms with E-state index in [9.17, 15) is 0 Å². The van der Waals surface area contributed by atoms with Gasteiger partial charge < -0.3 is 5.32 Å². The minimum Gasteiger partial charge on any atom is -0.356 e. The first-order chi connectivity index (χ1) is 14.5. The van der Waals surface area contributed by atoms with Crippen LogP contribution in [0.2, 0.25) is 0 Å². The van der Waals surface area contributed by atoms with Gasteiger partial charge in [-0.25, -0.2) is 0 Å². The van der Waals surface area contributed by atoms with Crippen LogP contribution in [0.5, 0.6) is 0 Å². The Morgan fingerprint density at radius 2 is 1.50 bits per heavy atom. The van der Waals surface area contributed by atoms with Crippen LogP contribution in [0.1, 0.15) is 57.6 Å². The van der Waals surface area contributed by atoms with E-state index in [-0.39, 0.29) is 5.41 Å². The second-order valence-corrected chi connectivity index (χ2v) is 8.97. The van der Waals surface area contributed by atoms with Crippen LogP contribution in [-0.4, -0.2) is 0 Å². The maximum atomic E-state index is 3.62. The number of rotatable bonds is 6. The Kier molecular flexibility index (Phi) is 5.81. The van der Waals surface area contributed by atoms with Gasteiger partial charge >= 0.3 is 0 Å². The second kappa shape index (κ2) is 8.52. The number of hydrogen-bond donors (Lipinski definition) is 1. The molecule has 0 bridgehead atoms. The molecule has 1 aliphatic carbocycles. The van der Waals surface area contributed by atoms with E-state index in [1.165, 1.54) is 34.4 Å². The van der Waals surface area contributed by atoms with Gasteiger partial charge in [-0.15, -0.1) is 0 Å². The smallest absolute Gasteiger partial charge is 0.0387 e. The van der Waals surface area contributed by atoms with Crippen molar-refractivity contribution in [3.05, 3.63) is 96.1 Å². The number of allylic oxidation sites excluding steroid dienone is 2. The van der Waals surface area contributed by atoms with Gasteiger partial charge in [0.05, 0.1) is 0 Å². The van der Waals surface area contributed by atoms with Crippen molar-refractivity contribution in [2.75, 3.05) is 5.32 Å². The summed E-state index contributed by atoms with van der Waals surface area (Å²) in [7, 11) is 0. The SMILES string of the molecule is CC/C=C\C1C(CC)c2ccc(Nc3ccc(-c4ccccc4)cc3)cc2C1(C)C. The predicted molar refractivity (Wildman–Crippen MR) is 131 cm³/mol. The van der Waals surface area contributed by atoms with Crippen LogP contribution in [0, 0.1) is 5.92 Å². The monoisotopic (exact) mass is 395 g/mol. The minimum atomic E-state index is 0.149. The molecule has 0 spiro atoms. The highest BCUT2D eigenvalue weighted by Crippen LogP contribution is 2.53. The zero-order chi connectivity index (χ0) is 21.1. The van der Waals surface area contributed by atoms with Gasteiger partial charge in [0, 0.05) is 11.4 Å². The van der Waals surface area contributed by atoms with Crippen molar-refractivity contribution in [3.63, 3.8) is 0 Å². The third kappa shape index (κ3) is 3.81. The minimum absolute atomic E-state index is 0.149. The summed E-state index contributed by atoms with van der Waals surface area (Å²) in [5.74, 6) is 1.18. The van der Waals surface area contributed by atoms with E-state index in [1.807, 2.05) is 0 Å². The average Bonchev–Trinajstić information content (AvgIpc) is 2.99. The van der Waals surface area contributed by atoms with Crippen LogP contribution in [0.3, 0.4) is 0 Å². The first-order valence-electron chi connectivity index (χ1n) is 11.3. The molecule has 3 aromatic rings. The lowest BCUT2D eigenvalue weighted by Gasteiger charge is -2.29. The van der Waals surface area contributed by atoms with Gasteiger partial charge in [0.15, 0.2) is 0 Å². The average molecular weight is 396 g/mol. The zero-order valence-electron chi connectivity index (χ0n) is 18.7. The molecule has 1 nitrogen and oxygen atoms in total. The zero-order valence-corrected chi connectivity index (χ0v) is 18.7. The Balaban J connectivity index is 1.59. The summed E-state index contributed by atoms with van der Waals surface area (Å²) in [5, 5.41) is 3.62. The summed E-state index contributed by atoms with van der Waals surface area (Å²) in [6.45, 7) is 9.36. The quantitative estimate of drug-likeness (QED) is 0.413. The molecule has 1 aliphatic rings. The summed E-state index contributed by atoms with van der Waals surface area (Å²) >= 11 is 0. The molecule has 0 radical (unpaired) electrons. The molecule has 1 N–H and O–H groups in total. The van der Waals surface area contributed by atoms with Crippen LogP contribution in [0.25, 0.3) is 11.1 Å². The number of fused-ring (bicyclic) bond motifs is 1. The van der Waals surface area contributed by atoms with Crippen LogP contribution in [0.4, 0.5) is 11.4 Å². The van der Waals surface area contributed by atoms with Crippen LogP contribution >= 0.6 is 0 Å². The molecular weight excluding hydrogens is 362 g/mol. The molecule has 0 heterocycles. The Morgan fingerprint density at radius 3 is 2.17 bits per heavy atom. The first-order valence-corrected chi connectivity index (χ1v) is 11.3. The normalized spacial score (nSPS) is 19.7. The Labute approximate surface area is 181 Å². The molecule has 0 aliphatic heterocycles. The molecule has 154 valence electrons. The van der Waals surface area contributed by atoms with Crippen molar-refractivity contribution < 1.29 is 0 Å². The summed E-state index contributed by atoms with van der Waals surface area (Å²) in [6.07, 6.45) is 7.09.